The molecule has 0 saturated heterocycles. The molecule has 0 aliphatic heterocycles. The van der Waals surface area contributed by atoms with Crippen molar-refractivity contribution in [3.05, 3.63) is 46.4 Å². The van der Waals surface area contributed by atoms with E-state index in [1.165, 1.54) is 0 Å². The summed E-state index contributed by atoms with van der Waals surface area (Å²) in [4.78, 5) is 28.1. The van der Waals surface area contributed by atoms with Crippen LogP contribution in [0.3, 0.4) is 0 Å². The molecule has 0 aliphatic carbocycles. The number of aromatic amines is 1. The zero-order valence-electron chi connectivity index (χ0n) is 8.12. The molecule has 0 aliphatic rings. The van der Waals surface area contributed by atoms with Gasteiger partial charge >= 0.3 is 5.97 Å². The predicted molar refractivity (Wildman–Crippen MR) is 53.1 cm³/mol. The fourth-order valence-electron chi connectivity index (χ4n) is 1.21. The first kappa shape index (κ1) is 10.1. The Morgan fingerprint density at radius 1 is 1.56 bits per heavy atom. The normalized spacial score (nSPS) is 10.2. The van der Waals surface area contributed by atoms with Gasteiger partial charge in [0.2, 0.25) is 0 Å². The minimum Gasteiger partial charge on any atom is -0.477 e. The summed E-state index contributed by atoms with van der Waals surface area (Å²) in [6, 6.07) is 1.74. The molecule has 7 nitrogen and oxygen atoms in total. The fourth-order valence-corrected chi connectivity index (χ4v) is 1.21. The van der Waals surface area contributed by atoms with Crippen molar-refractivity contribution in [1.82, 2.24) is 19.7 Å². The van der Waals surface area contributed by atoms with Crippen LogP contribution in [0.25, 0.3) is 0 Å². The van der Waals surface area contributed by atoms with Crippen LogP contribution >= 0.6 is 0 Å². The second-order valence-corrected chi connectivity index (χ2v) is 3.08. The van der Waals surface area contributed by atoms with Crippen LogP contribution in [-0.4, -0.2) is 30.8 Å². The van der Waals surface area contributed by atoms with Crippen LogP contribution in [0.1, 0.15) is 16.2 Å². The lowest BCUT2D eigenvalue weighted by molar-refractivity contribution is 0.0694. The molecule has 7 heteroatoms. The van der Waals surface area contributed by atoms with Gasteiger partial charge in [-0.3, -0.25) is 9.48 Å². The average Bonchev–Trinajstić information content (AvgIpc) is 2.70. The Hall–Kier alpha value is -2.44. The highest BCUT2D eigenvalue weighted by atomic mass is 16.4. The third-order valence-corrected chi connectivity index (χ3v) is 1.95. The molecule has 0 fully saturated rings. The van der Waals surface area contributed by atoms with Crippen molar-refractivity contribution in [3.63, 3.8) is 0 Å². The van der Waals surface area contributed by atoms with Crippen molar-refractivity contribution in [2.24, 2.45) is 0 Å². The third kappa shape index (κ3) is 1.97. The monoisotopic (exact) mass is 220 g/mol. The minimum absolute atomic E-state index is 0.294. The number of H-pyrrole nitrogens is 1. The second kappa shape index (κ2) is 3.97. The van der Waals surface area contributed by atoms with E-state index >= 15 is 0 Å². The van der Waals surface area contributed by atoms with Crippen LogP contribution in [-0.2, 0) is 6.54 Å². The highest BCUT2D eigenvalue weighted by molar-refractivity contribution is 5.86. The Balaban J connectivity index is 2.28. The molecule has 82 valence electrons. The van der Waals surface area contributed by atoms with Gasteiger partial charge in [-0.05, 0) is 6.07 Å². The van der Waals surface area contributed by atoms with E-state index < -0.39 is 11.5 Å². The zero-order chi connectivity index (χ0) is 11.5. The Morgan fingerprint density at radius 3 is 2.94 bits per heavy atom. The van der Waals surface area contributed by atoms with Gasteiger partial charge < -0.3 is 10.1 Å². The SMILES string of the molecule is O=C(O)c1cnc(Cn2cccn2)[nH]c1=O. The smallest absolute Gasteiger partial charge is 0.342 e. The van der Waals surface area contributed by atoms with Gasteiger partial charge in [-0.15, -0.1) is 0 Å². The maximum Gasteiger partial charge on any atom is 0.342 e. The van der Waals surface area contributed by atoms with E-state index in [0.717, 1.165) is 6.20 Å². The van der Waals surface area contributed by atoms with Crippen molar-refractivity contribution in [2.45, 2.75) is 6.54 Å². The summed E-state index contributed by atoms with van der Waals surface area (Å²) in [5.41, 5.74) is -1.03. The maximum atomic E-state index is 11.3. The number of hydrogen-bond acceptors (Lipinski definition) is 4. The van der Waals surface area contributed by atoms with Crippen LogP contribution in [0.2, 0.25) is 0 Å². The molecule has 0 bridgehead atoms. The van der Waals surface area contributed by atoms with E-state index in [4.69, 9.17) is 5.11 Å². The Kier molecular flexibility index (Phi) is 2.50. The molecule has 0 spiro atoms. The largest absolute Gasteiger partial charge is 0.477 e. The number of carboxylic acids is 1. The lowest BCUT2D eigenvalue weighted by atomic mass is 10.3. The number of rotatable bonds is 3. The van der Waals surface area contributed by atoms with Crippen molar-refractivity contribution in [3.8, 4) is 0 Å². The molecular weight excluding hydrogens is 212 g/mol. The molecular formula is C9H8N4O3. The van der Waals surface area contributed by atoms with E-state index in [1.54, 1.807) is 23.1 Å². The standard InChI is InChI=1S/C9H8N4O3/c14-8-6(9(15)16)4-10-7(12-8)5-13-3-1-2-11-13/h1-4H,5H2,(H,15,16)(H,10,12,14). The van der Waals surface area contributed by atoms with Crippen LogP contribution in [0, 0.1) is 0 Å². The van der Waals surface area contributed by atoms with Crippen molar-refractivity contribution in [2.75, 3.05) is 0 Å². The molecule has 0 amide bonds. The highest BCUT2D eigenvalue weighted by Gasteiger charge is 2.09. The van der Waals surface area contributed by atoms with Crippen molar-refractivity contribution in [1.29, 1.82) is 0 Å². The van der Waals surface area contributed by atoms with E-state index in [0.29, 0.717) is 12.4 Å². The molecule has 0 radical (unpaired) electrons. The molecule has 2 N–H and O–H groups in total. The summed E-state index contributed by atoms with van der Waals surface area (Å²) < 4.78 is 1.57. The van der Waals surface area contributed by atoms with Crippen LogP contribution in [0.5, 0.6) is 0 Å². The first-order valence-corrected chi connectivity index (χ1v) is 4.46. The zero-order valence-corrected chi connectivity index (χ0v) is 8.12. The summed E-state index contributed by atoms with van der Waals surface area (Å²) in [5, 5.41) is 12.6. The highest BCUT2D eigenvalue weighted by Crippen LogP contribution is 1.93. The number of carboxylic acid groups (broad SMARTS) is 1. The van der Waals surface area contributed by atoms with Gasteiger partial charge in [-0.1, -0.05) is 0 Å². The number of aromatic nitrogens is 4. The first-order valence-electron chi connectivity index (χ1n) is 4.46. The molecule has 2 aromatic rings. The topological polar surface area (TPSA) is 101 Å². The van der Waals surface area contributed by atoms with Gasteiger partial charge in [0.05, 0.1) is 6.54 Å². The predicted octanol–water partition coefficient (Wildman–Crippen LogP) is -0.287. The van der Waals surface area contributed by atoms with Crippen LogP contribution in [0.4, 0.5) is 0 Å². The minimum atomic E-state index is -1.29. The number of hydrogen-bond donors (Lipinski definition) is 2. The van der Waals surface area contributed by atoms with Crippen LogP contribution < -0.4 is 5.56 Å². The summed E-state index contributed by atoms with van der Waals surface area (Å²) >= 11 is 0. The van der Waals surface area contributed by atoms with E-state index in [9.17, 15) is 9.59 Å². The second-order valence-electron chi connectivity index (χ2n) is 3.08. The molecule has 0 atom stereocenters. The molecule has 0 unspecified atom stereocenters. The van der Waals surface area contributed by atoms with Crippen LogP contribution in [0.15, 0.2) is 29.5 Å². The Morgan fingerprint density at radius 2 is 2.38 bits per heavy atom. The summed E-state index contributed by atoms with van der Waals surface area (Å²) in [5.74, 6) is -0.932. The van der Waals surface area contributed by atoms with E-state index in [2.05, 4.69) is 15.1 Å². The van der Waals surface area contributed by atoms with E-state index in [-0.39, 0.29) is 5.56 Å². The Bertz CT molecular complexity index is 558. The molecule has 2 aromatic heterocycles. The maximum absolute atomic E-state index is 11.3. The van der Waals surface area contributed by atoms with Gasteiger partial charge in [-0.25, -0.2) is 9.78 Å². The quantitative estimate of drug-likeness (QED) is 0.740. The molecule has 2 heterocycles. The summed E-state index contributed by atoms with van der Waals surface area (Å²) in [6.07, 6.45) is 4.36. The van der Waals surface area contributed by atoms with Crippen molar-refractivity contribution < 1.29 is 9.90 Å². The van der Waals surface area contributed by atoms with Gasteiger partial charge in [0.15, 0.2) is 0 Å². The average molecular weight is 220 g/mol. The van der Waals surface area contributed by atoms with Gasteiger partial charge in [0.1, 0.15) is 11.4 Å². The number of nitrogens with zero attached hydrogens (tertiary/aromatic N) is 3. The number of nitrogens with one attached hydrogen (secondary N) is 1. The molecule has 16 heavy (non-hydrogen) atoms. The molecule has 0 aromatic carbocycles. The Labute approximate surface area is 89.4 Å². The summed E-state index contributed by atoms with van der Waals surface area (Å²) in [6.45, 7) is 0.294. The number of aromatic carboxylic acids is 1. The third-order valence-electron chi connectivity index (χ3n) is 1.95. The van der Waals surface area contributed by atoms with Gasteiger partial charge in [0.25, 0.3) is 5.56 Å². The number of carbonyl (C=O) groups is 1. The van der Waals surface area contributed by atoms with Gasteiger partial charge in [-0.2, -0.15) is 5.10 Å². The lowest BCUT2D eigenvalue weighted by Crippen LogP contribution is -2.21. The lowest BCUT2D eigenvalue weighted by Gasteiger charge is -2.01. The van der Waals surface area contributed by atoms with Gasteiger partial charge in [0, 0.05) is 18.6 Å². The fraction of sp³-hybridized carbons (Fsp3) is 0.111. The molecule has 0 saturated carbocycles. The van der Waals surface area contributed by atoms with E-state index in [1.807, 2.05) is 0 Å². The summed E-state index contributed by atoms with van der Waals surface area (Å²) in [7, 11) is 0. The first-order chi connectivity index (χ1) is 7.66. The molecule has 2 rings (SSSR count). The van der Waals surface area contributed by atoms with Crippen molar-refractivity contribution >= 4 is 5.97 Å².